The van der Waals surface area contributed by atoms with Crippen molar-refractivity contribution >= 4 is 11.0 Å². The predicted molar refractivity (Wildman–Crippen MR) is 74.6 cm³/mol. The second-order valence-corrected chi connectivity index (χ2v) is 5.38. The van der Waals surface area contributed by atoms with Gasteiger partial charge >= 0.3 is 0 Å². The van der Waals surface area contributed by atoms with E-state index in [-0.39, 0.29) is 0 Å². The van der Waals surface area contributed by atoms with Crippen LogP contribution in [0.25, 0.3) is 11.0 Å². The molecule has 1 fully saturated rings. The molecule has 1 aromatic carbocycles. The van der Waals surface area contributed by atoms with Crippen LogP contribution in [0.5, 0.6) is 0 Å². The first-order valence-corrected chi connectivity index (χ1v) is 7.00. The third-order valence-corrected chi connectivity index (χ3v) is 4.04. The summed E-state index contributed by atoms with van der Waals surface area (Å²) in [5, 5.41) is 3.58. The Balaban J connectivity index is 1.97. The summed E-state index contributed by atoms with van der Waals surface area (Å²) in [5.74, 6) is 1.76. The van der Waals surface area contributed by atoms with Crippen LogP contribution in [0.4, 0.5) is 0 Å². The lowest BCUT2D eigenvalue weighted by Gasteiger charge is -2.28. The zero-order chi connectivity index (χ0) is 12.5. The van der Waals surface area contributed by atoms with E-state index in [0.29, 0.717) is 12.0 Å². The maximum absolute atomic E-state index is 4.74. The molecular weight excluding hydrogens is 222 g/mol. The number of benzene rings is 1. The zero-order valence-electron chi connectivity index (χ0n) is 11.2. The lowest BCUT2D eigenvalue weighted by Crippen LogP contribution is -2.33. The molecule has 2 unspecified atom stereocenters. The van der Waals surface area contributed by atoms with Gasteiger partial charge in [-0.1, -0.05) is 19.9 Å². The molecule has 0 bridgehead atoms. The minimum absolute atomic E-state index is 0.385. The van der Waals surface area contributed by atoms with E-state index < -0.39 is 0 Å². The van der Waals surface area contributed by atoms with E-state index in [2.05, 4.69) is 42.3 Å². The van der Waals surface area contributed by atoms with Gasteiger partial charge in [0.05, 0.1) is 17.1 Å². The molecule has 0 saturated carbocycles. The van der Waals surface area contributed by atoms with Gasteiger partial charge in [-0.2, -0.15) is 0 Å². The van der Waals surface area contributed by atoms with Crippen molar-refractivity contribution in [2.75, 3.05) is 6.54 Å². The van der Waals surface area contributed by atoms with E-state index >= 15 is 0 Å². The van der Waals surface area contributed by atoms with Crippen LogP contribution >= 0.6 is 0 Å². The number of hydrogen-bond donors (Lipinski definition) is 2. The van der Waals surface area contributed by atoms with Gasteiger partial charge in [-0.15, -0.1) is 0 Å². The lowest BCUT2D eigenvalue weighted by molar-refractivity contribution is 0.296. The summed E-state index contributed by atoms with van der Waals surface area (Å²) in [6.45, 7) is 5.59. The highest BCUT2D eigenvalue weighted by atomic mass is 15.0. The molecule has 0 aliphatic carbocycles. The summed E-state index contributed by atoms with van der Waals surface area (Å²) in [6, 6.07) is 6.90. The fourth-order valence-electron chi connectivity index (χ4n) is 2.86. The molecule has 2 atom stereocenters. The highest BCUT2D eigenvalue weighted by molar-refractivity contribution is 5.76. The number of rotatable bonds is 2. The summed E-state index contributed by atoms with van der Waals surface area (Å²) in [4.78, 5) is 8.24. The second-order valence-electron chi connectivity index (χ2n) is 5.38. The predicted octanol–water partition coefficient (Wildman–Crippen LogP) is 3.19. The van der Waals surface area contributed by atoms with Crippen LogP contribution in [-0.2, 0) is 6.42 Å². The van der Waals surface area contributed by atoms with Crippen molar-refractivity contribution in [2.45, 2.75) is 39.2 Å². The number of aromatic nitrogens is 2. The number of nitrogens with one attached hydrogen (secondary N) is 2. The Bertz CT molecular complexity index is 544. The minimum atomic E-state index is 0.385. The van der Waals surface area contributed by atoms with Crippen molar-refractivity contribution in [1.29, 1.82) is 0 Å². The van der Waals surface area contributed by atoms with Gasteiger partial charge in [0.25, 0.3) is 0 Å². The molecule has 3 rings (SSSR count). The summed E-state index contributed by atoms with van der Waals surface area (Å²) in [5.41, 5.74) is 3.62. The maximum atomic E-state index is 4.74. The van der Waals surface area contributed by atoms with Gasteiger partial charge in [0.15, 0.2) is 0 Å². The fourth-order valence-corrected chi connectivity index (χ4v) is 2.86. The van der Waals surface area contributed by atoms with E-state index in [1.165, 1.54) is 23.9 Å². The fraction of sp³-hybridized carbons (Fsp3) is 0.533. The summed E-state index contributed by atoms with van der Waals surface area (Å²) >= 11 is 0. The first-order valence-electron chi connectivity index (χ1n) is 7.00. The molecule has 2 aromatic rings. The van der Waals surface area contributed by atoms with Gasteiger partial charge in [0, 0.05) is 0 Å². The van der Waals surface area contributed by atoms with Crippen LogP contribution < -0.4 is 5.32 Å². The Morgan fingerprint density at radius 3 is 3.06 bits per heavy atom. The van der Waals surface area contributed by atoms with Gasteiger partial charge in [0.2, 0.25) is 0 Å². The van der Waals surface area contributed by atoms with Gasteiger partial charge in [-0.05, 0) is 49.4 Å². The molecule has 1 aliphatic rings. The Kier molecular flexibility index (Phi) is 3.08. The SMILES string of the molecule is CCc1ccc2nc(C3NCCCC3C)[nH]c2c1. The van der Waals surface area contributed by atoms with Crippen LogP contribution in [0.1, 0.15) is 44.1 Å². The molecule has 1 aliphatic heterocycles. The number of aryl methyl sites for hydroxylation is 1. The number of piperidine rings is 1. The molecule has 3 nitrogen and oxygen atoms in total. The smallest absolute Gasteiger partial charge is 0.124 e. The first-order chi connectivity index (χ1) is 8.78. The normalized spacial score (nSPS) is 24.6. The number of H-pyrrole nitrogens is 1. The molecule has 0 spiro atoms. The molecule has 1 aromatic heterocycles. The molecule has 0 amide bonds. The average Bonchev–Trinajstić information content (AvgIpc) is 2.81. The Labute approximate surface area is 108 Å². The van der Waals surface area contributed by atoms with Crippen LogP contribution in [-0.4, -0.2) is 16.5 Å². The summed E-state index contributed by atoms with van der Waals surface area (Å²) in [7, 11) is 0. The van der Waals surface area contributed by atoms with Gasteiger partial charge in [-0.25, -0.2) is 4.98 Å². The molecule has 2 N–H and O–H groups in total. The van der Waals surface area contributed by atoms with E-state index in [1.54, 1.807) is 0 Å². The first kappa shape index (κ1) is 11.7. The van der Waals surface area contributed by atoms with Crippen molar-refractivity contribution in [1.82, 2.24) is 15.3 Å². The standard InChI is InChI=1S/C15H21N3/c1-3-11-6-7-12-13(9-11)18-15(17-12)14-10(2)5-4-8-16-14/h6-7,9-10,14,16H,3-5,8H2,1-2H3,(H,17,18). The number of imidazole rings is 1. The Hall–Kier alpha value is -1.35. The molecule has 0 radical (unpaired) electrons. The largest absolute Gasteiger partial charge is 0.341 e. The van der Waals surface area contributed by atoms with Crippen molar-refractivity contribution in [2.24, 2.45) is 5.92 Å². The number of hydrogen-bond acceptors (Lipinski definition) is 2. The number of nitrogens with zero attached hydrogens (tertiary/aromatic N) is 1. The minimum Gasteiger partial charge on any atom is -0.341 e. The average molecular weight is 243 g/mol. The highest BCUT2D eigenvalue weighted by Crippen LogP contribution is 2.28. The van der Waals surface area contributed by atoms with E-state index in [4.69, 9.17) is 4.98 Å². The summed E-state index contributed by atoms with van der Waals surface area (Å²) in [6.07, 6.45) is 3.63. The highest BCUT2D eigenvalue weighted by Gasteiger charge is 2.24. The topological polar surface area (TPSA) is 40.7 Å². The molecule has 2 heterocycles. The monoisotopic (exact) mass is 243 g/mol. The maximum Gasteiger partial charge on any atom is 0.124 e. The Morgan fingerprint density at radius 2 is 2.28 bits per heavy atom. The van der Waals surface area contributed by atoms with Gasteiger partial charge in [0.1, 0.15) is 5.82 Å². The lowest BCUT2D eigenvalue weighted by atomic mass is 9.92. The van der Waals surface area contributed by atoms with Crippen LogP contribution in [0.3, 0.4) is 0 Å². The van der Waals surface area contributed by atoms with Crippen molar-refractivity contribution < 1.29 is 0 Å². The molecule has 1 saturated heterocycles. The molecule has 3 heteroatoms. The third kappa shape index (κ3) is 2.03. The van der Waals surface area contributed by atoms with Gasteiger partial charge < -0.3 is 10.3 Å². The van der Waals surface area contributed by atoms with Crippen molar-refractivity contribution in [3.05, 3.63) is 29.6 Å². The van der Waals surface area contributed by atoms with E-state index in [0.717, 1.165) is 24.3 Å². The number of aromatic amines is 1. The van der Waals surface area contributed by atoms with Crippen LogP contribution in [0, 0.1) is 5.92 Å². The van der Waals surface area contributed by atoms with Gasteiger partial charge in [-0.3, -0.25) is 0 Å². The summed E-state index contributed by atoms with van der Waals surface area (Å²) < 4.78 is 0. The molecule has 18 heavy (non-hydrogen) atoms. The van der Waals surface area contributed by atoms with E-state index in [1.807, 2.05) is 0 Å². The van der Waals surface area contributed by atoms with Crippen molar-refractivity contribution in [3.8, 4) is 0 Å². The van der Waals surface area contributed by atoms with E-state index in [9.17, 15) is 0 Å². The molecule has 96 valence electrons. The third-order valence-electron chi connectivity index (χ3n) is 4.04. The quantitative estimate of drug-likeness (QED) is 0.850. The zero-order valence-corrected chi connectivity index (χ0v) is 11.2. The van der Waals surface area contributed by atoms with Crippen molar-refractivity contribution in [3.63, 3.8) is 0 Å². The van der Waals surface area contributed by atoms with Crippen LogP contribution in [0.2, 0.25) is 0 Å². The number of fused-ring (bicyclic) bond motifs is 1. The Morgan fingerprint density at radius 1 is 1.39 bits per heavy atom. The van der Waals surface area contributed by atoms with Crippen LogP contribution in [0.15, 0.2) is 18.2 Å². The molecular formula is C15H21N3. The second kappa shape index (κ2) is 4.73.